The molecule has 0 saturated carbocycles. The predicted molar refractivity (Wildman–Crippen MR) is 98.6 cm³/mol. The van der Waals surface area contributed by atoms with Crippen LogP contribution in [0.5, 0.6) is 5.75 Å². The Labute approximate surface area is 149 Å². The average Bonchev–Trinajstić information content (AvgIpc) is 2.57. The summed E-state index contributed by atoms with van der Waals surface area (Å²) < 4.78 is 0.916. The van der Waals surface area contributed by atoms with Crippen molar-refractivity contribution in [1.82, 2.24) is 5.01 Å². The van der Waals surface area contributed by atoms with Crippen LogP contribution in [0.4, 0.5) is 5.69 Å². The smallest absolute Gasteiger partial charge is 0.116 e. The SMILES string of the molecule is Oc1ccc(Br)c(/C=N\N2CCN(c3ccc(Cl)cc3)CC2)c1. The monoisotopic (exact) mass is 393 g/mol. The molecule has 0 bridgehead atoms. The van der Waals surface area contributed by atoms with Crippen LogP contribution in [0.15, 0.2) is 52.0 Å². The first kappa shape index (κ1) is 16.1. The van der Waals surface area contributed by atoms with E-state index in [1.165, 1.54) is 5.69 Å². The highest BCUT2D eigenvalue weighted by Crippen LogP contribution is 2.21. The number of hydrazone groups is 1. The first-order valence-electron chi connectivity index (χ1n) is 7.40. The van der Waals surface area contributed by atoms with Gasteiger partial charge in [-0.05, 0) is 42.5 Å². The maximum Gasteiger partial charge on any atom is 0.116 e. The maximum atomic E-state index is 9.54. The summed E-state index contributed by atoms with van der Waals surface area (Å²) in [5.74, 6) is 0.238. The number of benzene rings is 2. The molecule has 1 saturated heterocycles. The second kappa shape index (κ2) is 7.23. The molecule has 1 fully saturated rings. The summed E-state index contributed by atoms with van der Waals surface area (Å²) in [7, 11) is 0. The number of phenols is 1. The zero-order valence-electron chi connectivity index (χ0n) is 12.5. The fraction of sp³-hybridized carbons (Fsp3) is 0.235. The highest BCUT2D eigenvalue weighted by molar-refractivity contribution is 9.10. The Balaban J connectivity index is 1.59. The highest BCUT2D eigenvalue weighted by atomic mass is 79.9. The average molecular weight is 395 g/mol. The molecule has 3 rings (SSSR count). The molecule has 1 N–H and O–H groups in total. The molecule has 0 amide bonds. The van der Waals surface area contributed by atoms with Crippen molar-refractivity contribution in [2.45, 2.75) is 0 Å². The number of aromatic hydroxyl groups is 1. The molecule has 2 aromatic carbocycles. The van der Waals surface area contributed by atoms with E-state index in [2.05, 4.69) is 25.9 Å². The molecule has 1 heterocycles. The van der Waals surface area contributed by atoms with Gasteiger partial charge in [-0.15, -0.1) is 0 Å². The van der Waals surface area contributed by atoms with Gasteiger partial charge in [-0.2, -0.15) is 5.10 Å². The number of hydrogen-bond donors (Lipinski definition) is 1. The number of hydrogen-bond acceptors (Lipinski definition) is 4. The Morgan fingerprint density at radius 2 is 1.74 bits per heavy atom. The van der Waals surface area contributed by atoms with E-state index in [0.717, 1.165) is 41.2 Å². The van der Waals surface area contributed by atoms with Crippen molar-refractivity contribution in [2.24, 2.45) is 5.10 Å². The number of anilines is 1. The van der Waals surface area contributed by atoms with Gasteiger partial charge in [0.2, 0.25) is 0 Å². The third kappa shape index (κ3) is 4.18. The molecule has 0 aliphatic carbocycles. The Morgan fingerprint density at radius 1 is 1.04 bits per heavy atom. The van der Waals surface area contributed by atoms with Gasteiger partial charge in [0.15, 0.2) is 0 Å². The van der Waals surface area contributed by atoms with Crippen LogP contribution in [-0.2, 0) is 0 Å². The van der Waals surface area contributed by atoms with Crippen molar-refractivity contribution in [1.29, 1.82) is 0 Å². The fourth-order valence-electron chi connectivity index (χ4n) is 2.50. The summed E-state index contributed by atoms with van der Waals surface area (Å²) in [6.45, 7) is 3.55. The van der Waals surface area contributed by atoms with E-state index in [4.69, 9.17) is 11.6 Å². The predicted octanol–water partition coefficient (Wildman–Crippen LogP) is 3.96. The fourth-order valence-corrected chi connectivity index (χ4v) is 2.97. The van der Waals surface area contributed by atoms with E-state index in [-0.39, 0.29) is 5.75 Å². The number of halogens is 2. The van der Waals surface area contributed by atoms with Crippen molar-refractivity contribution in [3.63, 3.8) is 0 Å². The summed E-state index contributed by atoms with van der Waals surface area (Å²) in [5.41, 5.74) is 2.05. The van der Waals surface area contributed by atoms with Crippen LogP contribution in [0.3, 0.4) is 0 Å². The molecule has 1 aliphatic heterocycles. The summed E-state index contributed by atoms with van der Waals surface area (Å²) in [6.07, 6.45) is 1.78. The van der Waals surface area contributed by atoms with Crippen LogP contribution in [0.25, 0.3) is 0 Å². The van der Waals surface area contributed by atoms with E-state index in [1.807, 2.05) is 35.3 Å². The van der Waals surface area contributed by atoms with Crippen molar-refractivity contribution in [3.8, 4) is 5.75 Å². The topological polar surface area (TPSA) is 39.1 Å². The molecule has 2 aromatic rings. The zero-order valence-corrected chi connectivity index (χ0v) is 14.8. The Kier molecular flexibility index (Phi) is 5.08. The van der Waals surface area contributed by atoms with Crippen molar-refractivity contribution in [2.75, 3.05) is 31.1 Å². The minimum Gasteiger partial charge on any atom is -0.508 e. The van der Waals surface area contributed by atoms with Gasteiger partial charge in [-0.1, -0.05) is 27.5 Å². The van der Waals surface area contributed by atoms with Crippen LogP contribution in [0.1, 0.15) is 5.56 Å². The quantitative estimate of drug-likeness (QED) is 0.801. The van der Waals surface area contributed by atoms with Gasteiger partial charge < -0.3 is 10.0 Å². The van der Waals surface area contributed by atoms with E-state index < -0.39 is 0 Å². The summed E-state index contributed by atoms with van der Waals surface area (Å²) in [5, 5.41) is 16.9. The van der Waals surface area contributed by atoms with E-state index >= 15 is 0 Å². The molecule has 23 heavy (non-hydrogen) atoms. The van der Waals surface area contributed by atoms with Crippen LogP contribution in [0.2, 0.25) is 5.02 Å². The van der Waals surface area contributed by atoms with E-state index in [1.54, 1.807) is 18.3 Å². The molecule has 0 atom stereocenters. The standard InChI is InChI=1S/C17H17BrClN3O/c18-17-6-5-16(23)11-13(17)12-20-22-9-7-21(8-10-22)15-3-1-14(19)2-4-15/h1-6,11-12,23H,7-10H2/b20-12-. The molecule has 1 aliphatic rings. The van der Waals surface area contributed by atoms with Crippen LogP contribution < -0.4 is 4.90 Å². The van der Waals surface area contributed by atoms with Gasteiger partial charge in [-0.3, -0.25) is 5.01 Å². The molecular formula is C17H17BrClN3O. The Hall–Kier alpha value is -1.72. The number of nitrogens with zero attached hydrogens (tertiary/aromatic N) is 3. The number of phenolic OH excluding ortho intramolecular Hbond substituents is 1. The molecule has 120 valence electrons. The van der Waals surface area contributed by atoms with Crippen LogP contribution in [-0.4, -0.2) is 42.5 Å². The van der Waals surface area contributed by atoms with E-state index in [0.29, 0.717) is 0 Å². The third-order valence-corrected chi connectivity index (χ3v) is 4.76. The minimum absolute atomic E-state index is 0.238. The zero-order chi connectivity index (χ0) is 16.2. The minimum atomic E-state index is 0.238. The van der Waals surface area contributed by atoms with Crippen molar-refractivity contribution < 1.29 is 5.11 Å². The second-order valence-corrected chi connectivity index (χ2v) is 6.66. The van der Waals surface area contributed by atoms with Gasteiger partial charge in [0.25, 0.3) is 0 Å². The molecule has 4 nitrogen and oxygen atoms in total. The maximum absolute atomic E-state index is 9.54. The molecule has 0 unspecified atom stereocenters. The lowest BCUT2D eigenvalue weighted by atomic mass is 10.2. The Bertz CT molecular complexity index is 697. The second-order valence-electron chi connectivity index (χ2n) is 5.37. The molecule has 6 heteroatoms. The number of rotatable bonds is 3. The molecule has 0 radical (unpaired) electrons. The molecular weight excluding hydrogens is 378 g/mol. The van der Waals surface area contributed by atoms with Crippen molar-refractivity contribution in [3.05, 3.63) is 57.5 Å². The van der Waals surface area contributed by atoms with Gasteiger partial charge in [0, 0.05) is 33.8 Å². The first-order valence-corrected chi connectivity index (χ1v) is 8.57. The summed E-state index contributed by atoms with van der Waals surface area (Å²) in [6, 6.07) is 13.1. The third-order valence-electron chi connectivity index (χ3n) is 3.79. The summed E-state index contributed by atoms with van der Waals surface area (Å²) in [4.78, 5) is 2.33. The van der Waals surface area contributed by atoms with Gasteiger partial charge in [-0.25, -0.2) is 0 Å². The normalized spacial score (nSPS) is 15.4. The number of piperazine rings is 1. The highest BCUT2D eigenvalue weighted by Gasteiger charge is 2.15. The lowest BCUT2D eigenvalue weighted by Crippen LogP contribution is -2.44. The van der Waals surface area contributed by atoms with Gasteiger partial charge in [0.05, 0.1) is 19.3 Å². The summed E-state index contributed by atoms with van der Waals surface area (Å²) >= 11 is 9.39. The van der Waals surface area contributed by atoms with Gasteiger partial charge in [0.1, 0.15) is 5.75 Å². The molecule has 0 spiro atoms. The van der Waals surface area contributed by atoms with Crippen LogP contribution >= 0.6 is 27.5 Å². The van der Waals surface area contributed by atoms with Crippen molar-refractivity contribution >= 4 is 39.4 Å². The van der Waals surface area contributed by atoms with E-state index in [9.17, 15) is 5.11 Å². The lowest BCUT2D eigenvalue weighted by molar-refractivity contribution is 0.272. The lowest BCUT2D eigenvalue weighted by Gasteiger charge is -2.34. The van der Waals surface area contributed by atoms with Gasteiger partial charge >= 0.3 is 0 Å². The molecule has 0 aromatic heterocycles. The van der Waals surface area contributed by atoms with Crippen LogP contribution in [0, 0.1) is 0 Å². The Morgan fingerprint density at radius 3 is 2.43 bits per heavy atom. The largest absolute Gasteiger partial charge is 0.508 e. The first-order chi connectivity index (χ1) is 11.1.